The molecule has 0 unspecified atom stereocenters. The largest absolute Gasteiger partial charge is 0.497 e. The summed E-state index contributed by atoms with van der Waals surface area (Å²) in [5, 5.41) is 1.21. The molecule has 152 valence electrons. The van der Waals surface area contributed by atoms with Crippen LogP contribution >= 0.6 is 11.3 Å². The van der Waals surface area contributed by atoms with Gasteiger partial charge in [0.25, 0.3) is 0 Å². The van der Waals surface area contributed by atoms with Crippen LogP contribution in [0, 0.1) is 0 Å². The number of pyridine rings is 1. The number of nitrogens with two attached hydrogens (primary N) is 1. The summed E-state index contributed by atoms with van der Waals surface area (Å²) in [6.45, 7) is 2.68. The Morgan fingerprint density at radius 2 is 1.90 bits per heavy atom. The van der Waals surface area contributed by atoms with Crippen LogP contribution in [-0.2, 0) is 6.61 Å². The Morgan fingerprint density at radius 1 is 1.14 bits per heavy atom. The smallest absolute Gasteiger partial charge is 0.166 e. The number of benzene rings is 1. The van der Waals surface area contributed by atoms with Gasteiger partial charge >= 0.3 is 0 Å². The lowest BCUT2D eigenvalue weighted by Crippen LogP contribution is -2.29. The van der Waals surface area contributed by atoms with E-state index in [-0.39, 0.29) is 0 Å². The molecule has 1 aliphatic rings. The summed E-state index contributed by atoms with van der Waals surface area (Å²) < 4.78 is 11.1. The normalized spacial score (nSPS) is 15.4. The van der Waals surface area contributed by atoms with Gasteiger partial charge in [0.15, 0.2) is 11.6 Å². The molecule has 2 N–H and O–H groups in total. The second-order valence-electron chi connectivity index (χ2n) is 7.38. The maximum Gasteiger partial charge on any atom is 0.166 e. The number of piperidine rings is 1. The Balaban J connectivity index is 1.46. The van der Waals surface area contributed by atoms with E-state index in [1.807, 2.05) is 36.5 Å². The molecule has 0 atom stereocenters. The third kappa shape index (κ3) is 4.68. The fraction of sp³-hybridized carbons (Fsp3) is 0.364. The summed E-state index contributed by atoms with van der Waals surface area (Å²) in [5.41, 5.74) is 8.07. The first kappa shape index (κ1) is 19.7. The van der Waals surface area contributed by atoms with Gasteiger partial charge < -0.3 is 20.1 Å². The van der Waals surface area contributed by atoms with Gasteiger partial charge in [0.05, 0.1) is 17.0 Å². The Hall–Kier alpha value is -2.64. The monoisotopic (exact) mass is 410 g/mol. The van der Waals surface area contributed by atoms with Gasteiger partial charge in [0.2, 0.25) is 0 Å². The molecule has 7 heteroatoms. The molecule has 6 nitrogen and oxygen atoms in total. The highest BCUT2D eigenvalue weighted by molar-refractivity contribution is 7.15. The Labute approximate surface area is 175 Å². The first-order chi connectivity index (χ1) is 14.1. The minimum absolute atomic E-state index is 0.391. The first-order valence-corrected chi connectivity index (χ1v) is 10.6. The van der Waals surface area contributed by atoms with Crippen molar-refractivity contribution in [3.05, 3.63) is 53.3 Å². The zero-order valence-corrected chi connectivity index (χ0v) is 17.6. The molecule has 1 saturated heterocycles. The zero-order valence-electron chi connectivity index (χ0n) is 16.8. The van der Waals surface area contributed by atoms with Crippen molar-refractivity contribution in [3.63, 3.8) is 0 Å². The van der Waals surface area contributed by atoms with Crippen LogP contribution in [0.2, 0.25) is 0 Å². The van der Waals surface area contributed by atoms with Gasteiger partial charge in [-0.1, -0.05) is 12.1 Å². The van der Waals surface area contributed by atoms with Gasteiger partial charge in [-0.25, -0.2) is 9.97 Å². The maximum absolute atomic E-state index is 6.04. The molecule has 0 aliphatic carbocycles. The van der Waals surface area contributed by atoms with Gasteiger partial charge in [-0.05, 0) is 56.7 Å². The summed E-state index contributed by atoms with van der Waals surface area (Å²) in [6.07, 6.45) is 6.07. The third-order valence-corrected chi connectivity index (χ3v) is 6.52. The third-order valence-electron chi connectivity index (χ3n) is 5.31. The van der Waals surface area contributed by atoms with Crippen LogP contribution in [-0.4, -0.2) is 42.1 Å². The molecule has 0 saturated carbocycles. The lowest BCUT2D eigenvalue weighted by molar-refractivity contribution is 0.255. The fourth-order valence-electron chi connectivity index (χ4n) is 3.45. The number of anilines is 1. The minimum Gasteiger partial charge on any atom is -0.497 e. The number of nitrogens with zero attached hydrogens (tertiary/aromatic N) is 3. The summed E-state index contributed by atoms with van der Waals surface area (Å²) in [4.78, 5) is 12.5. The molecule has 3 aromatic rings. The van der Waals surface area contributed by atoms with Crippen molar-refractivity contribution in [3.8, 4) is 21.9 Å². The van der Waals surface area contributed by atoms with E-state index in [4.69, 9.17) is 20.2 Å². The minimum atomic E-state index is 0.391. The van der Waals surface area contributed by atoms with Crippen LogP contribution < -0.4 is 15.2 Å². The predicted molar refractivity (Wildman–Crippen MR) is 117 cm³/mol. The van der Waals surface area contributed by atoms with Crippen LogP contribution in [0.3, 0.4) is 0 Å². The number of ether oxygens (including phenoxy) is 2. The predicted octanol–water partition coefficient (Wildman–Crippen LogP) is 4.18. The number of hydrogen-bond acceptors (Lipinski definition) is 7. The van der Waals surface area contributed by atoms with E-state index in [2.05, 4.69) is 16.9 Å². The molecule has 0 radical (unpaired) electrons. The van der Waals surface area contributed by atoms with E-state index >= 15 is 0 Å². The van der Waals surface area contributed by atoms with Crippen molar-refractivity contribution in [1.82, 2.24) is 14.9 Å². The van der Waals surface area contributed by atoms with Gasteiger partial charge in [-0.2, -0.15) is 0 Å². The first-order valence-electron chi connectivity index (χ1n) is 9.78. The second-order valence-corrected chi connectivity index (χ2v) is 8.45. The lowest BCUT2D eigenvalue weighted by Gasteiger charge is -2.27. The second kappa shape index (κ2) is 8.80. The van der Waals surface area contributed by atoms with Gasteiger partial charge in [0, 0.05) is 23.9 Å². The van der Waals surface area contributed by atoms with E-state index in [9.17, 15) is 0 Å². The number of aromatic nitrogens is 2. The molecular formula is C22H26N4O2S. The molecule has 2 aromatic heterocycles. The maximum atomic E-state index is 6.04. The Kier molecular flexibility index (Phi) is 5.97. The molecule has 1 aliphatic heterocycles. The van der Waals surface area contributed by atoms with E-state index in [0.29, 0.717) is 24.1 Å². The van der Waals surface area contributed by atoms with E-state index < -0.39 is 0 Å². The highest BCUT2D eigenvalue weighted by Gasteiger charge is 2.21. The van der Waals surface area contributed by atoms with Gasteiger partial charge in [0.1, 0.15) is 12.4 Å². The molecule has 29 heavy (non-hydrogen) atoms. The van der Waals surface area contributed by atoms with Crippen molar-refractivity contribution in [2.75, 3.05) is 33.0 Å². The Morgan fingerprint density at radius 3 is 2.62 bits per heavy atom. The van der Waals surface area contributed by atoms with Crippen LogP contribution in [0.25, 0.3) is 10.4 Å². The van der Waals surface area contributed by atoms with E-state index in [1.165, 1.54) is 17.8 Å². The summed E-state index contributed by atoms with van der Waals surface area (Å²) in [5.74, 6) is 2.36. The van der Waals surface area contributed by atoms with Crippen LogP contribution in [0.5, 0.6) is 11.5 Å². The van der Waals surface area contributed by atoms with Crippen LogP contribution in [0.1, 0.15) is 29.3 Å². The molecule has 4 rings (SSSR count). The summed E-state index contributed by atoms with van der Waals surface area (Å²) >= 11 is 1.75. The highest BCUT2D eigenvalue weighted by atomic mass is 32.1. The van der Waals surface area contributed by atoms with Gasteiger partial charge in [-0.3, -0.25) is 0 Å². The number of rotatable bonds is 6. The van der Waals surface area contributed by atoms with Crippen molar-refractivity contribution in [2.45, 2.75) is 25.4 Å². The Bertz CT molecular complexity index is 950. The average Bonchev–Trinajstić information content (AvgIpc) is 3.24. The summed E-state index contributed by atoms with van der Waals surface area (Å²) in [6, 6.07) is 9.74. The van der Waals surface area contributed by atoms with Crippen molar-refractivity contribution in [2.24, 2.45) is 0 Å². The molecule has 0 spiro atoms. The SMILES string of the molecule is COc1ccc(COc2cc(-c3cnc(C4CCN(C)CC4)s3)cnc2N)cc1. The average molecular weight is 411 g/mol. The zero-order chi connectivity index (χ0) is 20.2. The molecular weight excluding hydrogens is 384 g/mol. The van der Waals surface area contributed by atoms with E-state index in [1.54, 1.807) is 24.6 Å². The number of methoxy groups -OCH3 is 1. The van der Waals surface area contributed by atoms with Crippen molar-refractivity contribution in [1.29, 1.82) is 0 Å². The van der Waals surface area contributed by atoms with Crippen molar-refractivity contribution >= 4 is 17.2 Å². The van der Waals surface area contributed by atoms with Crippen molar-refractivity contribution < 1.29 is 9.47 Å². The fourth-order valence-corrected chi connectivity index (χ4v) is 4.52. The number of thiazole rings is 1. The van der Waals surface area contributed by atoms with Crippen LogP contribution in [0.4, 0.5) is 5.82 Å². The van der Waals surface area contributed by atoms with Gasteiger partial charge in [-0.15, -0.1) is 11.3 Å². The topological polar surface area (TPSA) is 73.5 Å². The lowest BCUT2D eigenvalue weighted by atomic mass is 9.98. The molecule has 3 heterocycles. The molecule has 1 aromatic carbocycles. The number of nitrogen functional groups attached to an aromatic ring is 1. The quantitative estimate of drug-likeness (QED) is 0.657. The number of hydrogen-bond donors (Lipinski definition) is 1. The van der Waals surface area contributed by atoms with E-state index in [0.717, 1.165) is 34.8 Å². The molecule has 1 fully saturated rings. The summed E-state index contributed by atoms with van der Waals surface area (Å²) in [7, 11) is 3.83. The molecule has 0 amide bonds. The molecule has 0 bridgehead atoms. The highest BCUT2D eigenvalue weighted by Crippen LogP contribution is 2.36. The number of likely N-dealkylation sites (tertiary alicyclic amines) is 1. The standard InChI is InChI=1S/C22H26N4O2S/c1-26-9-7-16(8-10-26)22-25-13-20(29-22)17-11-19(21(23)24-12-17)28-14-15-3-5-18(27-2)6-4-15/h3-6,11-13,16H,7-10,14H2,1-2H3,(H2,23,24). The van der Waals surface area contributed by atoms with Crippen LogP contribution in [0.15, 0.2) is 42.7 Å².